The Bertz CT molecular complexity index is 731. The summed E-state index contributed by atoms with van der Waals surface area (Å²) in [6, 6.07) is 0. The molecule has 0 heterocycles. The average molecular weight is 436 g/mol. The van der Waals surface area contributed by atoms with Gasteiger partial charge in [0.1, 0.15) is 16.9 Å². The predicted octanol–water partition coefficient (Wildman–Crippen LogP) is 6.43. The van der Waals surface area contributed by atoms with Gasteiger partial charge in [-0.3, -0.25) is 0 Å². The Hall–Kier alpha value is -1.90. The summed E-state index contributed by atoms with van der Waals surface area (Å²) in [5.41, 5.74) is -12.3. The second kappa shape index (κ2) is 6.05. The summed E-state index contributed by atoms with van der Waals surface area (Å²) in [5, 5.41) is 0. The van der Waals surface area contributed by atoms with Crippen LogP contribution in [-0.4, -0.2) is 12.1 Å². The molecule has 0 spiro atoms. The van der Waals surface area contributed by atoms with Gasteiger partial charge < -0.3 is 0 Å². The lowest BCUT2D eigenvalue weighted by Crippen LogP contribution is -2.51. The minimum atomic E-state index is -7.59. The van der Waals surface area contributed by atoms with E-state index >= 15 is 0 Å². The van der Waals surface area contributed by atoms with Gasteiger partial charge in [0.25, 0.3) is 0 Å². The van der Waals surface area contributed by atoms with Crippen LogP contribution in [0, 0.1) is 17.5 Å². The number of hydrogen-bond donors (Lipinski definition) is 0. The van der Waals surface area contributed by atoms with Gasteiger partial charge in [-0.15, -0.1) is 0 Å². The van der Waals surface area contributed by atoms with Crippen molar-refractivity contribution in [3.8, 4) is 0 Å². The topological polar surface area (TPSA) is 0 Å². The van der Waals surface area contributed by atoms with E-state index in [9.17, 15) is 70.2 Å². The summed E-state index contributed by atoms with van der Waals surface area (Å²) in [6.45, 7) is 0. The molecule has 1 aromatic carbocycles. The van der Waals surface area contributed by atoms with Gasteiger partial charge >= 0.3 is 30.4 Å². The third-order valence-corrected chi connectivity index (χ3v) is 2.95. The summed E-state index contributed by atoms with van der Waals surface area (Å²) in [7, 11) is 0. The Morgan fingerprint density at radius 2 is 0.741 bits per heavy atom. The first-order valence-corrected chi connectivity index (χ1v) is 5.77. The molecule has 0 saturated heterocycles. The molecular weight excluding hydrogens is 436 g/mol. The molecule has 27 heavy (non-hydrogen) atoms. The van der Waals surface area contributed by atoms with Crippen LogP contribution < -0.4 is 0 Å². The van der Waals surface area contributed by atoms with Crippen LogP contribution in [-0.2, 0) is 18.3 Å². The normalized spacial score (nSPS) is 14.7. The molecule has 0 bridgehead atoms. The summed E-state index contributed by atoms with van der Waals surface area (Å²) in [4.78, 5) is 0. The molecule has 0 radical (unpaired) electrons. The quantitative estimate of drug-likeness (QED) is 0.370. The van der Waals surface area contributed by atoms with Gasteiger partial charge in [-0.1, -0.05) is 0 Å². The van der Waals surface area contributed by atoms with Crippen molar-refractivity contribution >= 4 is 0 Å². The van der Waals surface area contributed by atoms with Crippen molar-refractivity contribution in [2.24, 2.45) is 0 Å². The van der Waals surface area contributed by atoms with Crippen molar-refractivity contribution in [1.29, 1.82) is 0 Å². The maximum Gasteiger partial charge on any atom is 0.460 e. The molecule has 16 heteroatoms. The minimum absolute atomic E-state index is 3.76. The molecule has 0 fully saturated rings. The molecule has 0 amide bonds. The highest BCUT2D eigenvalue weighted by molar-refractivity contribution is 5.43. The number of alkyl halides is 13. The highest BCUT2D eigenvalue weighted by Gasteiger charge is 2.75. The van der Waals surface area contributed by atoms with Crippen molar-refractivity contribution in [2.75, 3.05) is 0 Å². The van der Waals surface area contributed by atoms with E-state index in [2.05, 4.69) is 0 Å². The van der Waals surface area contributed by atoms with Crippen LogP contribution in [0.5, 0.6) is 0 Å². The molecule has 0 N–H and O–H groups in total. The van der Waals surface area contributed by atoms with Crippen LogP contribution in [0.25, 0.3) is 0 Å². The molecule has 0 saturated carbocycles. The Balaban J connectivity index is 4.22. The molecule has 0 nitrogen and oxygen atoms in total. The first-order chi connectivity index (χ1) is 11.6. The van der Waals surface area contributed by atoms with Gasteiger partial charge in [0.2, 0.25) is 0 Å². The molecule has 156 valence electrons. The fourth-order valence-corrected chi connectivity index (χ4v) is 1.81. The van der Waals surface area contributed by atoms with Crippen molar-refractivity contribution < 1.29 is 70.2 Å². The van der Waals surface area contributed by atoms with Gasteiger partial charge in [0.15, 0.2) is 11.6 Å². The monoisotopic (exact) mass is 436 g/mol. The van der Waals surface area contributed by atoms with Crippen LogP contribution in [0.3, 0.4) is 0 Å². The Kier molecular flexibility index (Phi) is 5.19. The fourth-order valence-electron chi connectivity index (χ4n) is 1.81. The third-order valence-electron chi connectivity index (χ3n) is 2.95. The Morgan fingerprint density at radius 3 is 1.04 bits per heavy atom. The summed E-state index contributed by atoms with van der Waals surface area (Å²) < 4.78 is 204. The zero-order valence-electron chi connectivity index (χ0n) is 11.5. The minimum Gasteiger partial charge on any atom is -0.206 e. The highest BCUT2D eigenvalue weighted by atomic mass is 19.4. The molecule has 0 aromatic heterocycles. The van der Waals surface area contributed by atoms with E-state index in [4.69, 9.17) is 0 Å². The first kappa shape index (κ1) is 23.1. The molecule has 0 atom stereocenters. The average Bonchev–Trinajstić information content (AvgIpc) is 2.37. The van der Waals surface area contributed by atoms with Gasteiger partial charge in [-0.05, 0) is 0 Å². The lowest BCUT2D eigenvalue weighted by atomic mass is 9.92. The highest BCUT2D eigenvalue weighted by Crippen LogP contribution is 2.56. The van der Waals surface area contributed by atoms with Gasteiger partial charge in [0, 0.05) is 0 Å². The van der Waals surface area contributed by atoms with Gasteiger partial charge in [0.05, 0.1) is 5.56 Å². The molecule has 0 unspecified atom stereocenters. The molecule has 0 aliphatic rings. The van der Waals surface area contributed by atoms with E-state index in [-0.39, 0.29) is 0 Å². The van der Waals surface area contributed by atoms with Crippen molar-refractivity contribution in [2.45, 2.75) is 30.4 Å². The van der Waals surface area contributed by atoms with E-state index in [1.807, 2.05) is 0 Å². The van der Waals surface area contributed by atoms with E-state index in [0.717, 1.165) is 0 Å². The Morgan fingerprint density at radius 1 is 0.407 bits per heavy atom. The summed E-state index contributed by atoms with van der Waals surface area (Å²) in [5.74, 6) is -26.9. The molecular formula is C11F16. The van der Waals surface area contributed by atoms with Crippen LogP contribution in [0.2, 0.25) is 0 Å². The standard InChI is InChI=1S/C11F16/c12-4-1(7(15,16)10(23,24)11(25,26)27)2(8(17,18)19)5(13)6(14)3(4)9(20,21)22. The fraction of sp³-hybridized carbons (Fsp3) is 0.455. The predicted molar refractivity (Wildman–Crippen MR) is 51.2 cm³/mol. The zero-order chi connectivity index (χ0) is 22.0. The first-order valence-electron chi connectivity index (χ1n) is 5.77. The smallest absolute Gasteiger partial charge is 0.206 e. The lowest BCUT2D eigenvalue weighted by molar-refractivity contribution is -0.361. The van der Waals surface area contributed by atoms with Crippen LogP contribution in [0.1, 0.15) is 16.7 Å². The van der Waals surface area contributed by atoms with E-state index < -0.39 is 64.5 Å². The number of rotatable bonds is 2. The van der Waals surface area contributed by atoms with E-state index in [1.54, 1.807) is 0 Å². The molecule has 0 aliphatic heterocycles. The second-order valence-electron chi connectivity index (χ2n) is 4.71. The van der Waals surface area contributed by atoms with Crippen LogP contribution >= 0.6 is 0 Å². The van der Waals surface area contributed by atoms with Crippen LogP contribution in [0.4, 0.5) is 70.2 Å². The maximum absolute atomic E-state index is 13.6. The molecule has 0 aliphatic carbocycles. The van der Waals surface area contributed by atoms with E-state index in [0.29, 0.717) is 0 Å². The van der Waals surface area contributed by atoms with Gasteiger partial charge in [-0.2, -0.15) is 57.1 Å². The number of hydrogen-bond acceptors (Lipinski definition) is 0. The third kappa shape index (κ3) is 3.49. The Labute approximate surface area is 136 Å². The summed E-state index contributed by atoms with van der Waals surface area (Å²) in [6.07, 6.45) is -20.8. The molecule has 1 rings (SSSR count). The molecule has 1 aromatic rings. The summed E-state index contributed by atoms with van der Waals surface area (Å²) >= 11 is 0. The van der Waals surface area contributed by atoms with E-state index in [1.165, 1.54) is 0 Å². The van der Waals surface area contributed by atoms with Gasteiger partial charge in [-0.25, -0.2) is 13.2 Å². The largest absolute Gasteiger partial charge is 0.460 e. The SMILES string of the molecule is Fc1c(F)c(C(F)(F)F)c(C(F)(F)C(F)(F)C(F)(F)F)c(F)c1C(F)(F)F. The van der Waals surface area contributed by atoms with Crippen molar-refractivity contribution in [3.05, 3.63) is 34.1 Å². The van der Waals surface area contributed by atoms with Crippen LogP contribution in [0.15, 0.2) is 0 Å². The number of halogens is 16. The van der Waals surface area contributed by atoms with Crippen molar-refractivity contribution in [3.63, 3.8) is 0 Å². The maximum atomic E-state index is 13.6. The zero-order valence-corrected chi connectivity index (χ0v) is 11.5. The second-order valence-corrected chi connectivity index (χ2v) is 4.71. The lowest BCUT2D eigenvalue weighted by Gasteiger charge is -2.31. The van der Waals surface area contributed by atoms with Crippen molar-refractivity contribution in [1.82, 2.24) is 0 Å². The number of benzene rings is 1.